The normalized spacial score (nSPS) is 11.1. The SMILES string of the molecule is CNCCCCCc1ccc2[nH]ncc2c1. The molecule has 0 amide bonds. The summed E-state index contributed by atoms with van der Waals surface area (Å²) < 4.78 is 0. The standard InChI is InChI=1S/C13H19N3/c1-14-8-4-2-3-5-11-6-7-13-12(9-11)10-15-16-13/h6-7,9-10,14H,2-5,8H2,1H3,(H,15,16). The van der Waals surface area contributed by atoms with Gasteiger partial charge in [0.1, 0.15) is 0 Å². The molecule has 3 nitrogen and oxygen atoms in total. The van der Waals surface area contributed by atoms with Crippen molar-refractivity contribution in [3.63, 3.8) is 0 Å². The van der Waals surface area contributed by atoms with E-state index in [-0.39, 0.29) is 0 Å². The molecule has 2 aromatic rings. The third-order valence-corrected chi connectivity index (χ3v) is 2.90. The van der Waals surface area contributed by atoms with Crippen molar-refractivity contribution in [3.05, 3.63) is 30.0 Å². The molecule has 0 unspecified atom stereocenters. The molecule has 0 radical (unpaired) electrons. The third kappa shape index (κ3) is 2.83. The fraction of sp³-hybridized carbons (Fsp3) is 0.462. The largest absolute Gasteiger partial charge is 0.320 e. The summed E-state index contributed by atoms with van der Waals surface area (Å²) in [5, 5.41) is 11.4. The molecule has 0 fully saturated rings. The predicted molar refractivity (Wildman–Crippen MR) is 67.6 cm³/mol. The molecule has 0 saturated carbocycles. The number of aromatic nitrogens is 2. The minimum atomic E-state index is 1.12. The van der Waals surface area contributed by atoms with Gasteiger partial charge in [0, 0.05) is 5.39 Å². The van der Waals surface area contributed by atoms with Gasteiger partial charge in [-0.1, -0.05) is 12.5 Å². The molecule has 2 N–H and O–H groups in total. The van der Waals surface area contributed by atoms with E-state index in [0.29, 0.717) is 0 Å². The van der Waals surface area contributed by atoms with Crippen LogP contribution >= 0.6 is 0 Å². The van der Waals surface area contributed by atoms with Crippen molar-refractivity contribution in [3.8, 4) is 0 Å². The first-order chi connectivity index (χ1) is 7.90. The molecule has 0 bridgehead atoms. The quantitative estimate of drug-likeness (QED) is 0.730. The van der Waals surface area contributed by atoms with Gasteiger partial charge in [-0.05, 0) is 50.6 Å². The maximum Gasteiger partial charge on any atom is 0.0650 e. The first-order valence-electron chi connectivity index (χ1n) is 5.97. The van der Waals surface area contributed by atoms with Crippen LogP contribution in [0, 0.1) is 0 Å². The highest BCUT2D eigenvalue weighted by atomic mass is 15.1. The number of hydrogen-bond donors (Lipinski definition) is 2. The molecule has 2 rings (SSSR count). The zero-order chi connectivity index (χ0) is 11.2. The molecule has 0 aliphatic rings. The van der Waals surface area contributed by atoms with Gasteiger partial charge in [0.05, 0.1) is 11.7 Å². The second-order valence-corrected chi connectivity index (χ2v) is 4.21. The zero-order valence-electron chi connectivity index (χ0n) is 9.79. The molecule has 16 heavy (non-hydrogen) atoms. The Morgan fingerprint density at radius 3 is 3.06 bits per heavy atom. The van der Waals surface area contributed by atoms with Crippen LogP contribution in [0.1, 0.15) is 24.8 Å². The van der Waals surface area contributed by atoms with Crippen LogP contribution in [-0.2, 0) is 6.42 Å². The summed E-state index contributed by atoms with van der Waals surface area (Å²) in [6.07, 6.45) is 6.89. The Bertz CT molecular complexity index is 433. The molecule has 3 heteroatoms. The van der Waals surface area contributed by atoms with Crippen molar-refractivity contribution < 1.29 is 0 Å². The molecule has 0 aliphatic carbocycles. The fourth-order valence-corrected chi connectivity index (χ4v) is 1.96. The van der Waals surface area contributed by atoms with Gasteiger partial charge in [0.15, 0.2) is 0 Å². The number of aryl methyl sites for hydroxylation is 1. The second kappa shape index (κ2) is 5.66. The van der Waals surface area contributed by atoms with Gasteiger partial charge in [-0.25, -0.2) is 0 Å². The Morgan fingerprint density at radius 1 is 1.25 bits per heavy atom. The van der Waals surface area contributed by atoms with E-state index in [4.69, 9.17) is 0 Å². The number of hydrogen-bond acceptors (Lipinski definition) is 2. The van der Waals surface area contributed by atoms with Crippen LogP contribution in [0.15, 0.2) is 24.4 Å². The van der Waals surface area contributed by atoms with Crippen LogP contribution in [-0.4, -0.2) is 23.8 Å². The molecule has 1 heterocycles. The molecular formula is C13H19N3. The van der Waals surface area contributed by atoms with E-state index >= 15 is 0 Å². The smallest absolute Gasteiger partial charge is 0.0650 e. The van der Waals surface area contributed by atoms with Crippen LogP contribution in [0.25, 0.3) is 10.9 Å². The second-order valence-electron chi connectivity index (χ2n) is 4.21. The van der Waals surface area contributed by atoms with Crippen molar-refractivity contribution in [2.45, 2.75) is 25.7 Å². The highest BCUT2D eigenvalue weighted by Gasteiger charge is 1.98. The molecule has 0 spiro atoms. The van der Waals surface area contributed by atoms with Gasteiger partial charge in [-0.3, -0.25) is 5.10 Å². The number of unbranched alkanes of at least 4 members (excludes halogenated alkanes) is 2. The average molecular weight is 217 g/mol. The van der Waals surface area contributed by atoms with Gasteiger partial charge in [-0.15, -0.1) is 0 Å². The summed E-state index contributed by atoms with van der Waals surface area (Å²) in [5.41, 5.74) is 2.54. The summed E-state index contributed by atoms with van der Waals surface area (Å²) in [7, 11) is 2.01. The van der Waals surface area contributed by atoms with E-state index in [9.17, 15) is 0 Å². The highest BCUT2D eigenvalue weighted by molar-refractivity contribution is 5.78. The maximum absolute atomic E-state index is 4.03. The van der Waals surface area contributed by atoms with Crippen LogP contribution in [0.5, 0.6) is 0 Å². The summed E-state index contributed by atoms with van der Waals surface area (Å²) in [6.45, 7) is 1.13. The average Bonchev–Trinajstić information content (AvgIpc) is 2.76. The number of rotatable bonds is 6. The zero-order valence-corrected chi connectivity index (χ0v) is 9.79. The number of nitrogens with one attached hydrogen (secondary N) is 2. The number of fused-ring (bicyclic) bond motifs is 1. The van der Waals surface area contributed by atoms with Gasteiger partial charge in [0.25, 0.3) is 0 Å². The van der Waals surface area contributed by atoms with Crippen LogP contribution in [0.3, 0.4) is 0 Å². The summed E-state index contributed by atoms with van der Waals surface area (Å²) >= 11 is 0. The number of aromatic amines is 1. The van der Waals surface area contributed by atoms with Crippen LogP contribution in [0.2, 0.25) is 0 Å². The van der Waals surface area contributed by atoms with E-state index in [1.165, 1.54) is 36.6 Å². The summed E-state index contributed by atoms with van der Waals surface area (Å²) in [5.74, 6) is 0. The molecule has 0 atom stereocenters. The van der Waals surface area contributed by atoms with Crippen molar-refractivity contribution in [1.29, 1.82) is 0 Å². The Morgan fingerprint density at radius 2 is 2.19 bits per heavy atom. The fourth-order valence-electron chi connectivity index (χ4n) is 1.96. The molecule has 1 aromatic carbocycles. The minimum absolute atomic E-state index is 1.12. The number of H-pyrrole nitrogens is 1. The maximum atomic E-state index is 4.03. The van der Waals surface area contributed by atoms with Gasteiger partial charge < -0.3 is 5.32 Å². The Hall–Kier alpha value is -1.35. The van der Waals surface area contributed by atoms with Crippen molar-refractivity contribution in [2.75, 3.05) is 13.6 Å². The molecule has 86 valence electrons. The van der Waals surface area contributed by atoms with Gasteiger partial charge in [0.2, 0.25) is 0 Å². The number of nitrogens with zero attached hydrogens (tertiary/aromatic N) is 1. The first-order valence-corrected chi connectivity index (χ1v) is 5.97. The van der Waals surface area contributed by atoms with E-state index in [1.807, 2.05) is 13.2 Å². The Kier molecular flexibility index (Phi) is 3.94. The van der Waals surface area contributed by atoms with E-state index < -0.39 is 0 Å². The minimum Gasteiger partial charge on any atom is -0.320 e. The lowest BCUT2D eigenvalue weighted by molar-refractivity contribution is 0.642. The monoisotopic (exact) mass is 217 g/mol. The third-order valence-electron chi connectivity index (χ3n) is 2.90. The molecule has 0 saturated heterocycles. The topological polar surface area (TPSA) is 40.7 Å². The summed E-state index contributed by atoms with van der Waals surface area (Å²) in [4.78, 5) is 0. The predicted octanol–water partition coefficient (Wildman–Crippen LogP) is 2.50. The number of benzene rings is 1. The van der Waals surface area contributed by atoms with Crippen LogP contribution < -0.4 is 5.32 Å². The molecular weight excluding hydrogens is 198 g/mol. The lowest BCUT2D eigenvalue weighted by Gasteiger charge is -2.02. The van der Waals surface area contributed by atoms with Gasteiger partial charge in [-0.2, -0.15) is 5.10 Å². The van der Waals surface area contributed by atoms with E-state index in [1.54, 1.807) is 0 Å². The lowest BCUT2D eigenvalue weighted by Crippen LogP contribution is -2.07. The van der Waals surface area contributed by atoms with E-state index in [2.05, 4.69) is 33.7 Å². The van der Waals surface area contributed by atoms with Crippen molar-refractivity contribution in [1.82, 2.24) is 15.5 Å². The lowest BCUT2D eigenvalue weighted by atomic mass is 10.1. The van der Waals surface area contributed by atoms with Crippen molar-refractivity contribution >= 4 is 10.9 Å². The Balaban J connectivity index is 1.84. The van der Waals surface area contributed by atoms with Crippen LogP contribution in [0.4, 0.5) is 0 Å². The molecule has 1 aromatic heterocycles. The van der Waals surface area contributed by atoms with Crippen molar-refractivity contribution in [2.24, 2.45) is 0 Å². The molecule has 0 aliphatic heterocycles. The first kappa shape index (κ1) is 11.1. The van der Waals surface area contributed by atoms with E-state index in [0.717, 1.165) is 12.1 Å². The Labute approximate surface area is 96.2 Å². The summed E-state index contributed by atoms with van der Waals surface area (Å²) in [6, 6.07) is 6.54. The van der Waals surface area contributed by atoms with Gasteiger partial charge >= 0.3 is 0 Å². The highest BCUT2D eigenvalue weighted by Crippen LogP contribution is 2.14.